The minimum absolute atomic E-state index is 0.0124. The number of halogens is 5. The fourth-order valence-corrected chi connectivity index (χ4v) is 3.76. The summed E-state index contributed by atoms with van der Waals surface area (Å²) in [6.45, 7) is 3.13. The SMILES string of the molecule is CC(=O)c1cc(NC(=O)[C@@H]2O[C@](C)(C(F)(F)F)[C@H](C)[C@@H]2c2ccc(F)c(F)c2O)ccn1. The molecule has 1 amide bonds. The number of phenolic OH excluding ortho intramolecular Hbond substituents is 1. The molecule has 2 aromatic rings. The standard InChI is InChI=1S/C21H19F5N2O4/c1-9-15(12-4-5-13(22)16(23)17(12)30)18(32-20(9,3)21(24,25)26)19(31)28-11-6-7-27-14(8-11)10(2)29/h4-9,15,18,30H,1-3H3,(H,27,28,31)/t9-,15-,18-,20+/m1/s1. The quantitative estimate of drug-likeness (QED) is 0.526. The molecule has 32 heavy (non-hydrogen) atoms. The van der Waals surface area contributed by atoms with Gasteiger partial charge in [-0.15, -0.1) is 0 Å². The van der Waals surface area contributed by atoms with Gasteiger partial charge in [0.25, 0.3) is 5.91 Å². The molecule has 6 nitrogen and oxygen atoms in total. The third kappa shape index (κ3) is 3.92. The number of hydrogen-bond donors (Lipinski definition) is 2. The van der Waals surface area contributed by atoms with Crippen molar-refractivity contribution in [3.8, 4) is 5.75 Å². The molecule has 0 aliphatic carbocycles. The molecule has 1 aromatic carbocycles. The van der Waals surface area contributed by atoms with E-state index in [1.807, 2.05) is 0 Å². The van der Waals surface area contributed by atoms with E-state index in [0.29, 0.717) is 6.07 Å². The Kier molecular flexibility index (Phi) is 5.98. The highest BCUT2D eigenvalue weighted by Crippen LogP contribution is 2.54. The summed E-state index contributed by atoms with van der Waals surface area (Å²) >= 11 is 0. The molecule has 2 heterocycles. The highest BCUT2D eigenvalue weighted by atomic mass is 19.4. The van der Waals surface area contributed by atoms with Crippen LogP contribution in [0.3, 0.4) is 0 Å². The van der Waals surface area contributed by atoms with Crippen LogP contribution in [0.5, 0.6) is 5.75 Å². The average molecular weight is 458 g/mol. The maximum atomic E-state index is 14.0. The molecule has 0 radical (unpaired) electrons. The van der Waals surface area contributed by atoms with Crippen LogP contribution in [-0.4, -0.2) is 39.7 Å². The first-order valence-electron chi connectivity index (χ1n) is 9.47. The summed E-state index contributed by atoms with van der Waals surface area (Å²) in [5.74, 6) is -8.59. The molecule has 11 heteroatoms. The highest BCUT2D eigenvalue weighted by Gasteiger charge is 2.65. The number of aromatic hydroxyl groups is 1. The number of carbonyl (C=O) groups is 2. The van der Waals surface area contributed by atoms with Crippen LogP contribution in [0.15, 0.2) is 30.5 Å². The molecule has 172 valence electrons. The van der Waals surface area contributed by atoms with E-state index in [2.05, 4.69) is 10.3 Å². The molecule has 1 fully saturated rings. The fraction of sp³-hybridized carbons (Fsp3) is 0.381. The van der Waals surface area contributed by atoms with Gasteiger partial charge in [0.1, 0.15) is 11.8 Å². The highest BCUT2D eigenvalue weighted by molar-refractivity contribution is 5.97. The number of hydrogen-bond acceptors (Lipinski definition) is 5. The smallest absolute Gasteiger partial charge is 0.417 e. The third-order valence-electron chi connectivity index (χ3n) is 5.77. The average Bonchev–Trinajstić information content (AvgIpc) is 2.99. The van der Waals surface area contributed by atoms with E-state index in [4.69, 9.17) is 4.74 Å². The third-order valence-corrected chi connectivity index (χ3v) is 5.77. The van der Waals surface area contributed by atoms with Gasteiger partial charge in [0.15, 0.2) is 23.0 Å². The number of pyridine rings is 1. The number of ketones is 1. The first-order valence-corrected chi connectivity index (χ1v) is 9.47. The van der Waals surface area contributed by atoms with Gasteiger partial charge in [0.05, 0.1) is 0 Å². The number of alkyl halides is 3. The van der Waals surface area contributed by atoms with Crippen molar-refractivity contribution in [2.45, 2.75) is 44.6 Å². The lowest BCUT2D eigenvalue weighted by atomic mass is 9.77. The van der Waals surface area contributed by atoms with Crippen molar-refractivity contribution in [2.75, 3.05) is 5.32 Å². The molecule has 0 saturated carbocycles. The molecule has 2 N–H and O–H groups in total. The second-order valence-corrected chi connectivity index (χ2v) is 7.73. The van der Waals surface area contributed by atoms with E-state index in [1.54, 1.807) is 0 Å². The lowest BCUT2D eigenvalue weighted by Gasteiger charge is -2.31. The van der Waals surface area contributed by atoms with Gasteiger partial charge in [0.2, 0.25) is 5.82 Å². The number of nitrogens with one attached hydrogen (secondary N) is 1. The Morgan fingerprint density at radius 1 is 1.22 bits per heavy atom. The zero-order valence-corrected chi connectivity index (χ0v) is 17.1. The molecule has 3 rings (SSSR count). The summed E-state index contributed by atoms with van der Waals surface area (Å²) in [5, 5.41) is 12.4. The molecular weight excluding hydrogens is 439 g/mol. The van der Waals surface area contributed by atoms with Gasteiger partial charge in [0, 0.05) is 36.2 Å². The van der Waals surface area contributed by atoms with Crippen molar-refractivity contribution >= 4 is 17.4 Å². The van der Waals surface area contributed by atoms with Crippen molar-refractivity contribution < 1.29 is 41.4 Å². The van der Waals surface area contributed by atoms with Crippen molar-refractivity contribution in [3.05, 3.63) is 53.4 Å². The van der Waals surface area contributed by atoms with Gasteiger partial charge >= 0.3 is 6.18 Å². The van der Waals surface area contributed by atoms with Crippen molar-refractivity contribution in [3.63, 3.8) is 0 Å². The minimum atomic E-state index is -4.91. The number of anilines is 1. The molecule has 0 unspecified atom stereocenters. The zero-order chi connectivity index (χ0) is 24.0. The van der Waals surface area contributed by atoms with Crippen LogP contribution < -0.4 is 5.32 Å². The van der Waals surface area contributed by atoms with E-state index >= 15 is 0 Å². The van der Waals surface area contributed by atoms with Gasteiger partial charge in [-0.05, 0) is 25.1 Å². The molecule has 1 aliphatic rings. The predicted molar refractivity (Wildman–Crippen MR) is 102 cm³/mol. The summed E-state index contributed by atoms with van der Waals surface area (Å²) < 4.78 is 74.1. The zero-order valence-electron chi connectivity index (χ0n) is 17.1. The van der Waals surface area contributed by atoms with E-state index in [1.165, 1.54) is 25.3 Å². The predicted octanol–water partition coefficient (Wildman–Crippen LogP) is 4.35. The molecule has 4 atom stereocenters. The maximum absolute atomic E-state index is 14.0. The Balaban J connectivity index is 2.05. The Hall–Kier alpha value is -3.08. The normalized spacial score (nSPS) is 25.6. The van der Waals surface area contributed by atoms with E-state index in [9.17, 15) is 36.6 Å². The number of nitrogens with zero attached hydrogens (tertiary/aromatic N) is 1. The van der Waals surface area contributed by atoms with Crippen molar-refractivity contribution in [1.82, 2.24) is 4.98 Å². The summed E-state index contributed by atoms with van der Waals surface area (Å²) in [7, 11) is 0. The van der Waals surface area contributed by atoms with E-state index in [0.717, 1.165) is 19.9 Å². The topological polar surface area (TPSA) is 88.5 Å². The number of rotatable bonds is 4. The minimum Gasteiger partial charge on any atom is -0.505 e. The summed E-state index contributed by atoms with van der Waals surface area (Å²) in [6.07, 6.45) is -5.50. The number of phenols is 1. The van der Waals surface area contributed by atoms with Gasteiger partial charge in [-0.2, -0.15) is 17.6 Å². The fourth-order valence-electron chi connectivity index (χ4n) is 3.76. The monoisotopic (exact) mass is 458 g/mol. The van der Waals surface area contributed by atoms with Crippen LogP contribution in [0.1, 0.15) is 42.7 Å². The lowest BCUT2D eigenvalue weighted by Crippen LogP contribution is -2.47. The summed E-state index contributed by atoms with van der Waals surface area (Å²) in [5.41, 5.74) is -3.14. The van der Waals surface area contributed by atoms with Crippen LogP contribution in [0, 0.1) is 17.6 Å². The number of carbonyl (C=O) groups excluding carboxylic acids is 2. The molecular formula is C21H19F5N2O4. The Morgan fingerprint density at radius 3 is 2.47 bits per heavy atom. The largest absolute Gasteiger partial charge is 0.505 e. The molecule has 1 aliphatic heterocycles. The summed E-state index contributed by atoms with van der Waals surface area (Å²) in [4.78, 5) is 28.3. The molecule has 0 bridgehead atoms. The van der Waals surface area contributed by atoms with Crippen molar-refractivity contribution in [1.29, 1.82) is 0 Å². The number of ether oxygens (including phenoxy) is 1. The Bertz CT molecular complexity index is 1070. The second-order valence-electron chi connectivity index (χ2n) is 7.73. The number of aromatic nitrogens is 1. The van der Waals surface area contributed by atoms with Crippen LogP contribution >= 0.6 is 0 Å². The van der Waals surface area contributed by atoms with Gasteiger partial charge in [-0.3, -0.25) is 14.6 Å². The number of benzene rings is 1. The first-order chi connectivity index (χ1) is 14.8. The molecule has 1 saturated heterocycles. The van der Waals surface area contributed by atoms with Crippen LogP contribution in [0.4, 0.5) is 27.6 Å². The van der Waals surface area contributed by atoms with Crippen LogP contribution in [0.2, 0.25) is 0 Å². The van der Waals surface area contributed by atoms with Gasteiger partial charge < -0.3 is 15.2 Å². The van der Waals surface area contributed by atoms with Gasteiger partial charge in [-0.25, -0.2) is 4.39 Å². The van der Waals surface area contributed by atoms with Crippen LogP contribution in [0.25, 0.3) is 0 Å². The lowest BCUT2D eigenvalue weighted by molar-refractivity contribution is -0.272. The molecule has 0 spiro atoms. The Labute approximate surface area is 179 Å². The first kappa shape index (κ1) is 23.6. The maximum Gasteiger partial charge on any atom is 0.417 e. The van der Waals surface area contributed by atoms with Gasteiger partial charge in [-0.1, -0.05) is 13.0 Å². The number of Topliss-reactive ketones (excluding diaryl/α,β-unsaturated/α-hetero) is 1. The molecule has 1 aromatic heterocycles. The van der Waals surface area contributed by atoms with E-state index < -0.39 is 64.4 Å². The second kappa shape index (κ2) is 8.12. The van der Waals surface area contributed by atoms with E-state index in [-0.39, 0.29) is 11.4 Å². The Morgan fingerprint density at radius 2 is 1.88 bits per heavy atom. The van der Waals surface area contributed by atoms with Crippen LogP contribution in [-0.2, 0) is 9.53 Å². The number of amides is 1. The van der Waals surface area contributed by atoms with Crippen molar-refractivity contribution in [2.24, 2.45) is 5.92 Å². The summed E-state index contributed by atoms with van der Waals surface area (Å²) in [6, 6.07) is 4.11.